The van der Waals surface area contributed by atoms with Crippen molar-refractivity contribution in [1.29, 1.82) is 0 Å². The summed E-state index contributed by atoms with van der Waals surface area (Å²) in [5.41, 5.74) is 2.07. The molecule has 0 aromatic heterocycles. The number of aliphatic carboxylic acids is 1. The van der Waals surface area contributed by atoms with E-state index in [1.807, 2.05) is 24.3 Å². The van der Waals surface area contributed by atoms with Crippen LogP contribution in [-0.4, -0.2) is 29.6 Å². The molecule has 0 amide bonds. The molecular weight excluding hydrogens is 190 g/mol. The lowest BCUT2D eigenvalue weighted by Gasteiger charge is -2.13. The van der Waals surface area contributed by atoms with Gasteiger partial charge in [0.15, 0.2) is 0 Å². The molecule has 0 bridgehead atoms. The minimum absolute atomic E-state index is 0.101. The Hall–Kier alpha value is -1.35. The lowest BCUT2D eigenvalue weighted by molar-refractivity contribution is -0.136. The highest BCUT2D eigenvalue weighted by Gasteiger charge is 2.01. The summed E-state index contributed by atoms with van der Waals surface area (Å²) >= 11 is 0. The molecule has 3 nitrogen and oxygen atoms in total. The van der Waals surface area contributed by atoms with Gasteiger partial charge in [-0.15, -0.1) is 0 Å². The van der Waals surface area contributed by atoms with Gasteiger partial charge in [-0.25, -0.2) is 0 Å². The molecule has 1 aromatic carbocycles. The van der Waals surface area contributed by atoms with Crippen LogP contribution in [0.5, 0.6) is 0 Å². The molecular formula is C12H17NO2. The fraction of sp³-hybridized carbons (Fsp3) is 0.417. The second kappa shape index (κ2) is 5.51. The number of hydrogen-bond donors (Lipinski definition) is 1. The van der Waals surface area contributed by atoms with E-state index < -0.39 is 5.97 Å². The largest absolute Gasteiger partial charge is 0.481 e. The van der Waals surface area contributed by atoms with Crippen LogP contribution in [0, 0.1) is 0 Å². The molecule has 1 aromatic rings. The average Bonchev–Trinajstić information content (AvgIpc) is 2.20. The van der Waals surface area contributed by atoms with E-state index in [0.717, 1.165) is 18.7 Å². The van der Waals surface area contributed by atoms with Gasteiger partial charge in [-0.05, 0) is 24.7 Å². The van der Waals surface area contributed by atoms with E-state index in [1.54, 1.807) is 0 Å². The van der Waals surface area contributed by atoms with Crippen molar-refractivity contribution >= 4 is 5.97 Å². The van der Waals surface area contributed by atoms with Gasteiger partial charge in [0.25, 0.3) is 0 Å². The van der Waals surface area contributed by atoms with E-state index in [0.29, 0.717) is 0 Å². The first-order chi connectivity index (χ1) is 7.11. The second-order valence-electron chi connectivity index (χ2n) is 3.72. The smallest absolute Gasteiger partial charge is 0.307 e. The quantitative estimate of drug-likeness (QED) is 0.800. The van der Waals surface area contributed by atoms with Gasteiger partial charge in [-0.3, -0.25) is 4.79 Å². The predicted molar refractivity (Wildman–Crippen MR) is 59.8 cm³/mol. The summed E-state index contributed by atoms with van der Waals surface area (Å²) in [6, 6.07) is 7.74. The van der Waals surface area contributed by atoms with E-state index in [4.69, 9.17) is 5.11 Å². The lowest BCUT2D eigenvalue weighted by Crippen LogP contribution is -2.16. The van der Waals surface area contributed by atoms with Crippen LogP contribution in [0.15, 0.2) is 24.3 Å². The number of carboxylic acids is 1. The van der Waals surface area contributed by atoms with Gasteiger partial charge in [0, 0.05) is 6.54 Å². The van der Waals surface area contributed by atoms with Crippen LogP contribution < -0.4 is 0 Å². The summed E-state index contributed by atoms with van der Waals surface area (Å²) in [7, 11) is 2.06. The average molecular weight is 207 g/mol. The van der Waals surface area contributed by atoms with E-state index >= 15 is 0 Å². The number of nitrogens with zero attached hydrogens (tertiary/aromatic N) is 1. The van der Waals surface area contributed by atoms with Crippen molar-refractivity contribution in [3.05, 3.63) is 35.4 Å². The normalized spacial score (nSPS) is 10.6. The molecule has 0 saturated heterocycles. The van der Waals surface area contributed by atoms with E-state index in [9.17, 15) is 4.79 Å². The third-order valence-corrected chi connectivity index (χ3v) is 2.37. The monoisotopic (exact) mass is 207 g/mol. The number of carbonyl (C=O) groups is 1. The maximum Gasteiger partial charge on any atom is 0.307 e. The number of carboxylic acid groups (broad SMARTS) is 1. The van der Waals surface area contributed by atoms with Crippen molar-refractivity contribution < 1.29 is 9.90 Å². The Kier molecular flexibility index (Phi) is 4.31. The third-order valence-electron chi connectivity index (χ3n) is 2.37. The first-order valence-electron chi connectivity index (χ1n) is 5.10. The zero-order valence-electron chi connectivity index (χ0n) is 9.23. The number of rotatable bonds is 5. The highest BCUT2D eigenvalue weighted by atomic mass is 16.4. The Morgan fingerprint density at radius 3 is 2.27 bits per heavy atom. The summed E-state index contributed by atoms with van der Waals surface area (Å²) in [6.07, 6.45) is 0.101. The summed E-state index contributed by atoms with van der Waals surface area (Å²) < 4.78 is 0. The molecule has 1 N–H and O–H groups in total. The van der Waals surface area contributed by atoms with Gasteiger partial charge in [0.05, 0.1) is 6.42 Å². The van der Waals surface area contributed by atoms with E-state index in [-0.39, 0.29) is 6.42 Å². The standard InChI is InChI=1S/C12H17NO2/c1-3-13(2)9-11-6-4-10(5-7-11)8-12(14)15/h4-7H,3,8-9H2,1-2H3,(H,14,15). The molecule has 15 heavy (non-hydrogen) atoms. The predicted octanol–water partition coefficient (Wildman–Crippen LogP) is 1.77. The molecule has 0 radical (unpaired) electrons. The van der Waals surface area contributed by atoms with Crippen molar-refractivity contribution in [2.45, 2.75) is 19.9 Å². The Labute approximate surface area is 90.3 Å². The summed E-state index contributed by atoms with van der Waals surface area (Å²) in [5.74, 6) is -0.784. The van der Waals surface area contributed by atoms with Gasteiger partial charge >= 0.3 is 5.97 Å². The van der Waals surface area contributed by atoms with Gasteiger partial charge in [-0.1, -0.05) is 31.2 Å². The van der Waals surface area contributed by atoms with Crippen LogP contribution in [0.1, 0.15) is 18.1 Å². The highest BCUT2D eigenvalue weighted by Crippen LogP contribution is 2.07. The minimum Gasteiger partial charge on any atom is -0.481 e. The van der Waals surface area contributed by atoms with Crippen LogP contribution in [0.4, 0.5) is 0 Å². The second-order valence-corrected chi connectivity index (χ2v) is 3.72. The van der Waals surface area contributed by atoms with Crippen LogP contribution in [0.25, 0.3) is 0 Å². The first kappa shape index (κ1) is 11.7. The van der Waals surface area contributed by atoms with Crippen LogP contribution in [0.2, 0.25) is 0 Å². The molecule has 82 valence electrons. The molecule has 0 atom stereocenters. The molecule has 0 heterocycles. The Bertz CT molecular complexity index is 319. The molecule has 3 heteroatoms. The van der Waals surface area contributed by atoms with Crippen LogP contribution in [0.3, 0.4) is 0 Å². The molecule has 0 aliphatic heterocycles. The van der Waals surface area contributed by atoms with Gasteiger partial charge in [-0.2, -0.15) is 0 Å². The van der Waals surface area contributed by atoms with Crippen molar-refractivity contribution in [2.24, 2.45) is 0 Å². The minimum atomic E-state index is -0.784. The molecule has 0 aliphatic carbocycles. The molecule has 0 unspecified atom stereocenters. The zero-order valence-corrected chi connectivity index (χ0v) is 9.23. The third kappa shape index (κ3) is 4.13. The maximum absolute atomic E-state index is 10.5. The van der Waals surface area contributed by atoms with Gasteiger partial charge in [0.1, 0.15) is 0 Å². The SMILES string of the molecule is CCN(C)Cc1ccc(CC(=O)O)cc1. The first-order valence-corrected chi connectivity index (χ1v) is 5.10. The Morgan fingerprint density at radius 1 is 1.27 bits per heavy atom. The van der Waals surface area contributed by atoms with Gasteiger partial charge < -0.3 is 10.0 Å². The molecule has 0 spiro atoms. The number of hydrogen-bond acceptors (Lipinski definition) is 2. The highest BCUT2D eigenvalue weighted by molar-refractivity contribution is 5.70. The van der Waals surface area contributed by atoms with E-state index in [2.05, 4.69) is 18.9 Å². The molecule has 0 saturated carbocycles. The van der Waals surface area contributed by atoms with Crippen molar-refractivity contribution in [1.82, 2.24) is 4.90 Å². The molecule has 0 aliphatic rings. The van der Waals surface area contributed by atoms with Crippen molar-refractivity contribution in [3.63, 3.8) is 0 Å². The van der Waals surface area contributed by atoms with Crippen LogP contribution >= 0.6 is 0 Å². The molecule has 0 fully saturated rings. The summed E-state index contributed by atoms with van der Waals surface area (Å²) in [5, 5.41) is 8.61. The lowest BCUT2D eigenvalue weighted by atomic mass is 10.1. The molecule has 1 rings (SSSR count). The van der Waals surface area contributed by atoms with Crippen molar-refractivity contribution in [3.8, 4) is 0 Å². The summed E-state index contributed by atoms with van der Waals surface area (Å²) in [4.78, 5) is 12.7. The summed E-state index contributed by atoms with van der Waals surface area (Å²) in [6.45, 7) is 4.03. The Balaban J connectivity index is 2.60. The Morgan fingerprint density at radius 2 is 1.80 bits per heavy atom. The van der Waals surface area contributed by atoms with E-state index in [1.165, 1.54) is 5.56 Å². The number of benzene rings is 1. The fourth-order valence-electron chi connectivity index (χ4n) is 1.36. The van der Waals surface area contributed by atoms with Crippen molar-refractivity contribution in [2.75, 3.05) is 13.6 Å². The topological polar surface area (TPSA) is 40.5 Å². The van der Waals surface area contributed by atoms with Crippen LogP contribution in [-0.2, 0) is 17.8 Å². The van der Waals surface area contributed by atoms with Gasteiger partial charge in [0.2, 0.25) is 0 Å². The fourth-order valence-corrected chi connectivity index (χ4v) is 1.36. The zero-order chi connectivity index (χ0) is 11.3. The maximum atomic E-state index is 10.5.